The maximum Gasteiger partial charge on any atom is 0.144 e. The highest BCUT2D eigenvalue weighted by molar-refractivity contribution is 7.91. The molecule has 15 heavy (non-hydrogen) atoms. The first kappa shape index (κ1) is 12.5. The second-order valence-electron chi connectivity index (χ2n) is 3.98. The van der Waals surface area contributed by atoms with E-state index < -0.39 is 11.4 Å². The Balaban J connectivity index is 2.74. The molecule has 0 aliphatic carbocycles. The molecule has 0 saturated carbocycles. The van der Waals surface area contributed by atoms with E-state index in [4.69, 9.17) is 11.6 Å². The molecule has 0 bridgehead atoms. The predicted molar refractivity (Wildman–Crippen MR) is 64.7 cm³/mol. The van der Waals surface area contributed by atoms with Crippen molar-refractivity contribution >= 4 is 29.2 Å². The van der Waals surface area contributed by atoms with Crippen LogP contribution in [0.4, 0.5) is 0 Å². The van der Waals surface area contributed by atoms with Crippen LogP contribution in [0.15, 0.2) is 22.6 Å². The van der Waals surface area contributed by atoms with Crippen LogP contribution in [0.3, 0.4) is 0 Å². The first-order chi connectivity index (χ1) is 6.89. The van der Waals surface area contributed by atoms with E-state index >= 15 is 0 Å². The Kier molecular flexibility index (Phi) is 4.13. The van der Waals surface area contributed by atoms with E-state index in [2.05, 4.69) is 9.38 Å². The zero-order valence-electron chi connectivity index (χ0n) is 8.90. The summed E-state index contributed by atoms with van der Waals surface area (Å²) in [4.78, 5) is 4.01. The minimum Gasteiger partial charge on any atom is -0.591 e. The molecule has 1 aromatic rings. The molecule has 0 aliphatic heterocycles. The van der Waals surface area contributed by atoms with E-state index in [9.17, 15) is 4.55 Å². The standard InChI is InChI=1S/C10H13ClN2OS/c1-10(2,3)15(14)12-7-8-5-4-6-9(11)13-8/h4-7H,1-3H3/b12-7+/t15-/m0/s1. The van der Waals surface area contributed by atoms with E-state index in [0.29, 0.717) is 10.8 Å². The highest BCUT2D eigenvalue weighted by Crippen LogP contribution is 2.16. The molecule has 1 heterocycles. The molecule has 0 aromatic carbocycles. The third-order valence-electron chi connectivity index (χ3n) is 1.54. The lowest BCUT2D eigenvalue weighted by Gasteiger charge is -2.17. The summed E-state index contributed by atoms with van der Waals surface area (Å²) >= 11 is 4.44. The quantitative estimate of drug-likeness (QED) is 0.456. The average molecular weight is 245 g/mol. The van der Waals surface area contributed by atoms with Crippen molar-refractivity contribution in [3.8, 4) is 0 Å². The number of nitrogens with zero attached hydrogens (tertiary/aromatic N) is 2. The molecular formula is C10H13ClN2OS. The monoisotopic (exact) mass is 244 g/mol. The summed E-state index contributed by atoms with van der Waals surface area (Å²) in [6.45, 7) is 5.60. The van der Waals surface area contributed by atoms with Crippen LogP contribution >= 0.6 is 11.6 Å². The minimum absolute atomic E-state index is 0.352. The fourth-order valence-corrected chi connectivity index (χ4v) is 1.45. The first-order valence-electron chi connectivity index (χ1n) is 4.48. The lowest BCUT2D eigenvalue weighted by Crippen LogP contribution is -2.25. The second-order valence-corrected chi connectivity index (χ2v) is 6.30. The third kappa shape index (κ3) is 4.20. The Hall–Kier alpha value is -0.580. The number of aromatic nitrogens is 1. The summed E-state index contributed by atoms with van der Waals surface area (Å²) in [6.07, 6.45) is 1.48. The summed E-state index contributed by atoms with van der Waals surface area (Å²) in [7, 11) is 0. The number of rotatable bonds is 2. The lowest BCUT2D eigenvalue weighted by molar-refractivity contribution is 0.562. The summed E-state index contributed by atoms with van der Waals surface area (Å²) in [6, 6.07) is 5.21. The molecule has 1 aromatic heterocycles. The predicted octanol–water partition coefficient (Wildman–Crippen LogP) is 2.62. The van der Waals surface area contributed by atoms with Crippen molar-refractivity contribution in [1.29, 1.82) is 0 Å². The molecule has 0 amide bonds. The van der Waals surface area contributed by atoms with Crippen LogP contribution in [-0.4, -0.2) is 20.5 Å². The van der Waals surface area contributed by atoms with Crippen LogP contribution in [-0.2, 0) is 11.4 Å². The van der Waals surface area contributed by atoms with Crippen LogP contribution in [0.2, 0.25) is 5.15 Å². The van der Waals surface area contributed by atoms with Gasteiger partial charge in [-0.05, 0) is 32.9 Å². The molecule has 5 heteroatoms. The Labute approximate surface area is 97.9 Å². The molecule has 0 N–H and O–H groups in total. The van der Waals surface area contributed by atoms with E-state index in [-0.39, 0.29) is 4.75 Å². The van der Waals surface area contributed by atoms with Crippen molar-refractivity contribution in [3.63, 3.8) is 0 Å². The zero-order chi connectivity index (χ0) is 11.5. The topological polar surface area (TPSA) is 48.3 Å². The SMILES string of the molecule is CC(C)(C)[S@+]([O-])/N=C/c1cccc(Cl)n1. The Morgan fingerprint density at radius 1 is 1.47 bits per heavy atom. The van der Waals surface area contributed by atoms with Crippen molar-refractivity contribution in [2.75, 3.05) is 0 Å². The van der Waals surface area contributed by atoms with Crippen molar-refractivity contribution < 1.29 is 4.55 Å². The van der Waals surface area contributed by atoms with Gasteiger partial charge in [0.15, 0.2) is 0 Å². The lowest BCUT2D eigenvalue weighted by atomic mass is 10.3. The summed E-state index contributed by atoms with van der Waals surface area (Å²) in [5.41, 5.74) is 0.611. The molecule has 0 saturated heterocycles. The van der Waals surface area contributed by atoms with Crippen molar-refractivity contribution in [2.45, 2.75) is 25.5 Å². The minimum atomic E-state index is -1.26. The van der Waals surface area contributed by atoms with Crippen LogP contribution in [0.25, 0.3) is 0 Å². The summed E-state index contributed by atoms with van der Waals surface area (Å²) in [5.74, 6) is 0. The van der Waals surface area contributed by atoms with E-state index in [1.54, 1.807) is 18.2 Å². The number of hydrogen-bond donors (Lipinski definition) is 0. The van der Waals surface area contributed by atoms with Crippen LogP contribution in [0.1, 0.15) is 26.5 Å². The van der Waals surface area contributed by atoms with Crippen molar-refractivity contribution in [1.82, 2.24) is 4.98 Å². The molecule has 0 spiro atoms. The zero-order valence-corrected chi connectivity index (χ0v) is 10.5. The smallest absolute Gasteiger partial charge is 0.144 e. The van der Waals surface area contributed by atoms with Gasteiger partial charge in [-0.15, -0.1) is 0 Å². The molecule has 82 valence electrons. The van der Waals surface area contributed by atoms with Gasteiger partial charge in [0.05, 0.1) is 5.69 Å². The highest BCUT2D eigenvalue weighted by Gasteiger charge is 2.25. The van der Waals surface area contributed by atoms with Gasteiger partial charge in [-0.2, -0.15) is 0 Å². The second kappa shape index (κ2) is 4.96. The maximum absolute atomic E-state index is 11.6. The Morgan fingerprint density at radius 2 is 2.13 bits per heavy atom. The van der Waals surface area contributed by atoms with Gasteiger partial charge in [0.25, 0.3) is 0 Å². The number of hydrogen-bond acceptors (Lipinski definition) is 3. The van der Waals surface area contributed by atoms with Gasteiger partial charge in [-0.25, -0.2) is 4.98 Å². The highest BCUT2D eigenvalue weighted by atomic mass is 35.5. The van der Waals surface area contributed by atoms with Crippen LogP contribution in [0, 0.1) is 0 Å². The van der Waals surface area contributed by atoms with Gasteiger partial charge in [0, 0.05) is 0 Å². The average Bonchev–Trinajstić information content (AvgIpc) is 2.12. The number of halogens is 1. The van der Waals surface area contributed by atoms with Gasteiger partial charge in [0.2, 0.25) is 0 Å². The van der Waals surface area contributed by atoms with Gasteiger partial charge in [-0.1, -0.05) is 22.1 Å². The molecule has 0 fully saturated rings. The fraction of sp³-hybridized carbons (Fsp3) is 0.400. The van der Waals surface area contributed by atoms with E-state index in [1.807, 2.05) is 20.8 Å². The Morgan fingerprint density at radius 3 is 2.67 bits per heavy atom. The summed E-state index contributed by atoms with van der Waals surface area (Å²) < 4.78 is 15.2. The van der Waals surface area contributed by atoms with E-state index in [1.165, 1.54) is 6.21 Å². The molecule has 0 aliphatic rings. The third-order valence-corrected chi connectivity index (χ3v) is 3.10. The molecule has 3 nitrogen and oxygen atoms in total. The summed E-state index contributed by atoms with van der Waals surface area (Å²) in [5, 5.41) is 0.403. The van der Waals surface area contributed by atoms with Gasteiger partial charge >= 0.3 is 0 Å². The molecule has 0 unspecified atom stereocenters. The van der Waals surface area contributed by atoms with Crippen LogP contribution < -0.4 is 0 Å². The normalized spacial score (nSPS) is 14.5. The molecule has 0 radical (unpaired) electrons. The van der Waals surface area contributed by atoms with Gasteiger partial charge in [0.1, 0.15) is 27.5 Å². The van der Waals surface area contributed by atoms with Gasteiger partial charge in [-0.3, -0.25) is 0 Å². The number of pyridine rings is 1. The van der Waals surface area contributed by atoms with Crippen LogP contribution in [0.5, 0.6) is 0 Å². The van der Waals surface area contributed by atoms with Crippen molar-refractivity contribution in [3.05, 3.63) is 29.0 Å². The molecule has 1 atom stereocenters. The first-order valence-corrected chi connectivity index (χ1v) is 5.97. The van der Waals surface area contributed by atoms with Crippen molar-refractivity contribution in [2.24, 2.45) is 4.40 Å². The molecule has 1 rings (SSSR count). The largest absolute Gasteiger partial charge is 0.591 e. The molecular weight excluding hydrogens is 232 g/mol. The maximum atomic E-state index is 11.6. The fourth-order valence-electron chi connectivity index (χ4n) is 0.756. The van der Waals surface area contributed by atoms with Gasteiger partial charge < -0.3 is 4.55 Å². The van der Waals surface area contributed by atoms with E-state index in [0.717, 1.165) is 0 Å². The Bertz CT molecular complexity index is 363.